The fourth-order valence-electron chi connectivity index (χ4n) is 2.32. The van der Waals surface area contributed by atoms with Gasteiger partial charge in [-0.15, -0.1) is 0 Å². The van der Waals surface area contributed by atoms with Crippen LogP contribution < -0.4 is 5.32 Å². The number of rotatable bonds is 5. The van der Waals surface area contributed by atoms with Crippen LogP contribution in [0.1, 0.15) is 30.1 Å². The van der Waals surface area contributed by atoms with Gasteiger partial charge in [-0.1, -0.05) is 6.92 Å². The molecule has 7 heteroatoms. The zero-order chi connectivity index (χ0) is 15.6. The number of benzene rings is 1. The highest BCUT2D eigenvalue weighted by Gasteiger charge is 2.45. The second kappa shape index (κ2) is 6.27. The second-order valence-corrected chi connectivity index (χ2v) is 6.49. The van der Waals surface area contributed by atoms with E-state index in [-0.39, 0.29) is 11.8 Å². The van der Waals surface area contributed by atoms with Gasteiger partial charge in [-0.2, -0.15) is 11.8 Å². The molecule has 0 unspecified atom stereocenters. The van der Waals surface area contributed by atoms with Crippen LogP contribution in [0.5, 0.6) is 0 Å². The molecule has 1 aliphatic rings. The van der Waals surface area contributed by atoms with Gasteiger partial charge in [0.1, 0.15) is 23.0 Å². The van der Waals surface area contributed by atoms with Gasteiger partial charge in [0.25, 0.3) is 5.91 Å². The Hall–Kier alpha value is -1.21. The molecule has 0 heterocycles. The minimum atomic E-state index is -1.26. The van der Waals surface area contributed by atoms with Crippen molar-refractivity contribution in [3.63, 3.8) is 0 Å². The van der Waals surface area contributed by atoms with E-state index in [0.29, 0.717) is 18.6 Å². The molecule has 1 aliphatic carbocycles. The molecule has 0 saturated heterocycles. The minimum Gasteiger partial charge on any atom is -0.387 e. The van der Waals surface area contributed by atoms with Crippen molar-refractivity contribution in [2.45, 2.75) is 30.6 Å². The monoisotopic (exact) mass is 319 g/mol. The van der Waals surface area contributed by atoms with Crippen LogP contribution in [-0.4, -0.2) is 34.2 Å². The third-order valence-electron chi connectivity index (χ3n) is 3.60. The Labute approximate surface area is 124 Å². The van der Waals surface area contributed by atoms with Gasteiger partial charge in [0, 0.05) is 23.9 Å². The highest BCUT2D eigenvalue weighted by atomic mass is 32.2. The van der Waals surface area contributed by atoms with Gasteiger partial charge in [0.2, 0.25) is 0 Å². The van der Waals surface area contributed by atoms with Crippen molar-refractivity contribution in [1.29, 1.82) is 0 Å². The Bertz CT molecular complexity index is 532. The van der Waals surface area contributed by atoms with E-state index in [4.69, 9.17) is 0 Å². The van der Waals surface area contributed by atoms with Crippen molar-refractivity contribution >= 4 is 17.7 Å². The van der Waals surface area contributed by atoms with Crippen molar-refractivity contribution in [3.8, 4) is 0 Å². The lowest BCUT2D eigenvalue weighted by atomic mass is 9.79. The lowest BCUT2D eigenvalue weighted by Crippen LogP contribution is -2.57. The summed E-state index contributed by atoms with van der Waals surface area (Å²) in [4.78, 5) is 11.8. The normalized spacial score (nSPS) is 24.5. The predicted octanol–water partition coefficient (Wildman–Crippen LogP) is 2.48. The molecule has 2 atom stereocenters. The highest BCUT2D eigenvalue weighted by molar-refractivity contribution is 8.00. The molecule has 1 aromatic rings. The highest BCUT2D eigenvalue weighted by Crippen LogP contribution is 2.40. The maximum absolute atomic E-state index is 13.5. The molecule has 0 aliphatic heterocycles. The van der Waals surface area contributed by atoms with E-state index in [1.807, 2.05) is 6.92 Å². The fourth-order valence-corrected chi connectivity index (χ4v) is 3.52. The number of carbonyl (C=O) groups excluding carboxylic acids is 1. The van der Waals surface area contributed by atoms with Crippen LogP contribution in [0.25, 0.3) is 0 Å². The number of amides is 1. The van der Waals surface area contributed by atoms with Crippen LogP contribution in [0.4, 0.5) is 13.2 Å². The Morgan fingerprint density at radius 3 is 2.52 bits per heavy atom. The first-order valence-corrected chi connectivity index (χ1v) is 7.69. The Morgan fingerprint density at radius 2 is 2.05 bits per heavy atom. The quantitative estimate of drug-likeness (QED) is 0.877. The summed E-state index contributed by atoms with van der Waals surface area (Å²) >= 11 is 1.58. The molecule has 2 N–H and O–H groups in total. The van der Waals surface area contributed by atoms with Crippen molar-refractivity contribution in [1.82, 2.24) is 5.32 Å². The molecule has 2 rings (SSSR count). The van der Waals surface area contributed by atoms with E-state index in [9.17, 15) is 23.1 Å². The number of hydrogen-bond acceptors (Lipinski definition) is 3. The third-order valence-corrected chi connectivity index (χ3v) is 5.01. The molecule has 0 aromatic heterocycles. The second-order valence-electron chi connectivity index (χ2n) is 5.01. The van der Waals surface area contributed by atoms with Gasteiger partial charge in [-0.3, -0.25) is 4.79 Å². The molecule has 1 amide bonds. The van der Waals surface area contributed by atoms with E-state index in [2.05, 4.69) is 5.32 Å². The average molecular weight is 319 g/mol. The Kier molecular flexibility index (Phi) is 4.83. The summed E-state index contributed by atoms with van der Waals surface area (Å²) in [5.41, 5.74) is -1.89. The van der Waals surface area contributed by atoms with E-state index in [1.165, 1.54) is 0 Å². The lowest BCUT2D eigenvalue weighted by molar-refractivity contribution is -0.0222. The maximum atomic E-state index is 13.5. The van der Waals surface area contributed by atoms with E-state index in [0.717, 1.165) is 12.2 Å². The molecule has 0 bridgehead atoms. The third kappa shape index (κ3) is 3.35. The molecule has 1 aromatic carbocycles. The van der Waals surface area contributed by atoms with E-state index in [1.54, 1.807) is 11.8 Å². The first-order chi connectivity index (χ1) is 9.87. The van der Waals surface area contributed by atoms with Gasteiger partial charge in [-0.25, -0.2) is 13.2 Å². The average Bonchev–Trinajstić information content (AvgIpc) is 2.39. The van der Waals surface area contributed by atoms with Gasteiger partial charge in [-0.05, 0) is 18.6 Å². The molecule has 0 radical (unpaired) electrons. The summed E-state index contributed by atoms with van der Waals surface area (Å²) in [5.74, 6) is -3.76. The van der Waals surface area contributed by atoms with Gasteiger partial charge >= 0.3 is 0 Å². The summed E-state index contributed by atoms with van der Waals surface area (Å²) < 4.78 is 39.7. The fraction of sp³-hybridized carbons (Fsp3) is 0.500. The largest absolute Gasteiger partial charge is 0.387 e. The predicted molar refractivity (Wildman–Crippen MR) is 74.8 cm³/mol. The number of thioether (sulfide) groups is 1. The number of carbonyl (C=O) groups is 1. The molecule has 0 spiro atoms. The number of aliphatic hydroxyl groups is 1. The lowest BCUT2D eigenvalue weighted by Gasteiger charge is -2.45. The summed E-state index contributed by atoms with van der Waals surface area (Å²) in [5, 5.41) is 12.6. The van der Waals surface area contributed by atoms with Crippen LogP contribution >= 0.6 is 11.8 Å². The molecular weight excluding hydrogens is 303 g/mol. The summed E-state index contributed by atoms with van der Waals surface area (Å²) in [6.45, 7) is 1.88. The smallest absolute Gasteiger partial charge is 0.257 e. The number of hydrogen-bond donors (Lipinski definition) is 2. The molecule has 21 heavy (non-hydrogen) atoms. The number of nitrogens with one attached hydrogen (secondary N) is 1. The molecule has 3 nitrogen and oxygen atoms in total. The zero-order valence-electron chi connectivity index (χ0n) is 11.5. The standard InChI is InChI=1S/C14H16F3NO2S/c1-2-21-11-3-4-14(11,20)7-18-13(19)12-9(16)5-8(15)6-10(12)17/h5-6,11,20H,2-4,7H2,1H3,(H,18,19)/t11-,14+/m1/s1. The summed E-state index contributed by atoms with van der Waals surface area (Å²) in [6, 6.07) is 0.900. The first-order valence-electron chi connectivity index (χ1n) is 6.64. The Balaban J connectivity index is 2.03. The van der Waals surface area contributed by atoms with Crippen molar-refractivity contribution in [2.24, 2.45) is 0 Å². The maximum Gasteiger partial charge on any atom is 0.257 e. The van der Waals surface area contributed by atoms with E-state index >= 15 is 0 Å². The SMILES string of the molecule is CCS[C@@H]1CC[C@]1(O)CNC(=O)c1c(F)cc(F)cc1F. The summed E-state index contributed by atoms with van der Waals surface area (Å²) in [7, 11) is 0. The van der Waals surface area contributed by atoms with Crippen molar-refractivity contribution in [2.75, 3.05) is 12.3 Å². The van der Waals surface area contributed by atoms with Gasteiger partial charge in [0.05, 0.1) is 5.60 Å². The molecule has 1 fully saturated rings. The van der Waals surface area contributed by atoms with Crippen LogP contribution in [0.3, 0.4) is 0 Å². The minimum absolute atomic E-state index is 0.00529. The van der Waals surface area contributed by atoms with Crippen molar-refractivity contribution in [3.05, 3.63) is 35.1 Å². The zero-order valence-corrected chi connectivity index (χ0v) is 12.3. The van der Waals surface area contributed by atoms with Crippen LogP contribution in [0, 0.1) is 17.5 Å². The number of halogens is 3. The van der Waals surface area contributed by atoms with E-state index < -0.39 is 34.5 Å². The molecule has 1 saturated carbocycles. The van der Waals surface area contributed by atoms with Crippen molar-refractivity contribution < 1.29 is 23.1 Å². The molecule has 116 valence electrons. The van der Waals surface area contributed by atoms with Gasteiger partial charge in [0.15, 0.2) is 0 Å². The van der Waals surface area contributed by atoms with Gasteiger partial charge < -0.3 is 10.4 Å². The summed E-state index contributed by atoms with van der Waals surface area (Å²) in [6.07, 6.45) is 1.36. The molecular formula is C14H16F3NO2S. The Morgan fingerprint density at radius 1 is 1.43 bits per heavy atom. The van der Waals surface area contributed by atoms with Crippen LogP contribution in [0.2, 0.25) is 0 Å². The topological polar surface area (TPSA) is 49.3 Å². The first kappa shape index (κ1) is 16.2. The van der Waals surface area contributed by atoms with Crippen LogP contribution in [-0.2, 0) is 0 Å². The van der Waals surface area contributed by atoms with Crippen LogP contribution in [0.15, 0.2) is 12.1 Å².